The second-order valence-electron chi connectivity index (χ2n) is 6.44. The second-order valence-corrected chi connectivity index (χ2v) is 8.70. The summed E-state index contributed by atoms with van der Waals surface area (Å²) in [6.07, 6.45) is 4.43. The first-order valence-electron chi connectivity index (χ1n) is 6.56. The molecule has 1 rings (SSSR count). The molecule has 106 valence electrons. The van der Waals surface area contributed by atoms with E-state index in [9.17, 15) is 13.2 Å². The maximum atomic E-state index is 11.7. The molecule has 0 saturated heterocycles. The molecule has 0 radical (unpaired) electrons. The van der Waals surface area contributed by atoms with Crippen LogP contribution in [0.1, 0.15) is 46.5 Å². The summed E-state index contributed by atoms with van der Waals surface area (Å²) >= 11 is 0. The van der Waals surface area contributed by atoms with Crippen LogP contribution in [0.5, 0.6) is 0 Å². The molecule has 1 N–H and O–H groups in total. The van der Waals surface area contributed by atoms with Gasteiger partial charge in [-0.3, -0.25) is 4.79 Å². The van der Waals surface area contributed by atoms with Crippen LogP contribution in [-0.4, -0.2) is 32.4 Å². The number of sulfone groups is 1. The zero-order valence-electron chi connectivity index (χ0n) is 11.8. The van der Waals surface area contributed by atoms with Crippen molar-refractivity contribution in [3.63, 3.8) is 0 Å². The van der Waals surface area contributed by atoms with Crippen LogP contribution in [0.2, 0.25) is 0 Å². The van der Waals surface area contributed by atoms with E-state index >= 15 is 0 Å². The molecule has 0 aromatic heterocycles. The molecule has 0 heterocycles. The van der Waals surface area contributed by atoms with Crippen molar-refractivity contribution >= 4 is 15.7 Å². The van der Waals surface area contributed by atoms with E-state index in [-0.39, 0.29) is 24.1 Å². The average Bonchev–Trinajstić information content (AvgIpc) is 2.18. The van der Waals surface area contributed by atoms with Gasteiger partial charge in [0, 0.05) is 18.7 Å². The standard InChI is InChI=1S/C13H25NO3S/c1-10-9-13(2,3)7-5-11(10)14-12(15)6-8-18(4,16)17/h10-11H,5-9H2,1-4H3,(H,14,15)/t10-,11-/m0/s1. The first-order chi connectivity index (χ1) is 8.09. The minimum atomic E-state index is -3.05. The van der Waals surface area contributed by atoms with Crippen molar-refractivity contribution < 1.29 is 13.2 Å². The van der Waals surface area contributed by atoms with Crippen LogP contribution in [0.4, 0.5) is 0 Å². The number of amides is 1. The minimum Gasteiger partial charge on any atom is -0.353 e. The third-order valence-electron chi connectivity index (χ3n) is 3.74. The van der Waals surface area contributed by atoms with E-state index in [1.54, 1.807) is 0 Å². The predicted molar refractivity (Wildman–Crippen MR) is 73.1 cm³/mol. The Morgan fingerprint density at radius 1 is 1.39 bits per heavy atom. The number of rotatable bonds is 4. The molecule has 0 aromatic rings. The van der Waals surface area contributed by atoms with E-state index in [0.29, 0.717) is 11.3 Å². The van der Waals surface area contributed by atoms with Crippen LogP contribution in [0.15, 0.2) is 0 Å². The first-order valence-corrected chi connectivity index (χ1v) is 8.62. The first kappa shape index (κ1) is 15.5. The lowest BCUT2D eigenvalue weighted by molar-refractivity contribution is -0.122. The largest absolute Gasteiger partial charge is 0.353 e. The number of hydrogen-bond donors (Lipinski definition) is 1. The van der Waals surface area contributed by atoms with Gasteiger partial charge in [-0.05, 0) is 30.6 Å². The number of carbonyl (C=O) groups is 1. The van der Waals surface area contributed by atoms with E-state index in [2.05, 4.69) is 26.1 Å². The fraction of sp³-hybridized carbons (Fsp3) is 0.923. The molecule has 0 aromatic carbocycles. The fourth-order valence-electron chi connectivity index (χ4n) is 2.72. The summed E-state index contributed by atoms with van der Waals surface area (Å²) in [6, 6.07) is 0.199. The molecule has 1 saturated carbocycles. The third-order valence-corrected chi connectivity index (χ3v) is 4.69. The third kappa shape index (κ3) is 5.38. The second kappa shape index (κ2) is 5.59. The zero-order valence-corrected chi connectivity index (χ0v) is 12.6. The maximum Gasteiger partial charge on any atom is 0.221 e. The molecule has 2 atom stereocenters. The van der Waals surface area contributed by atoms with Crippen molar-refractivity contribution in [3.8, 4) is 0 Å². The van der Waals surface area contributed by atoms with Gasteiger partial charge in [0.2, 0.25) is 5.91 Å². The molecular formula is C13H25NO3S. The Kier molecular flexibility index (Phi) is 4.81. The fourth-order valence-corrected chi connectivity index (χ4v) is 3.27. The van der Waals surface area contributed by atoms with Gasteiger partial charge in [-0.2, -0.15) is 0 Å². The maximum absolute atomic E-state index is 11.7. The zero-order chi connectivity index (χ0) is 14.0. The summed E-state index contributed by atoms with van der Waals surface area (Å²) in [4.78, 5) is 11.7. The topological polar surface area (TPSA) is 63.2 Å². The highest BCUT2D eigenvalue weighted by atomic mass is 32.2. The highest BCUT2D eigenvalue weighted by Crippen LogP contribution is 2.38. The normalized spacial score (nSPS) is 27.8. The molecule has 18 heavy (non-hydrogen) atoms. The van der Waals surface area contributed by atoms with Gasteiger partial charge in [0.1, 0.15) is 9.84 Å². The van der Waals surface area contributed by atoms with Gasteiger partial charge >= 0.3 is 0 Å². The lowest BCUT2D eigenvalue weighted by Crippen LogP contribution is -2.44. The van der Waals surface area contributed by atoms with Crippen LogP contribution in [0, 0.1) is 11.3 Å². The lowest BCUT2D eigenvalue weighted by atomic mass is 9.70. The molecule has 0 unspecified atom stereocenters. The Hall–Kier alpha value is -0.580. The average molecular weight is 275 g/mol. The molecule has 0 bridgehead atoms. The smallest absolute Gasteiger partial charge is 0.221 e. The minimum absolute atomic E-state index is 0.0641. The van der Waals surface area contributed by atoms with Crippen LogP contribution >= 0.6 is 0 Å². The Morgan fingerprint density at radius 3 is 2.50 bits per heavy atom. The monoisotopic (exact) mass is 275 g/mol. The molecule has 4 nitrogen and oxygen atoms in total. The summed E-state index contributed by atoms with van der Waals surface area (Å²) in [5.74, 6) is 0.249. The molecule has 0 spiro atoms. The molecule has 1 aliphatic rings. The van der Waals surface area contributed by atoms with Crippen molar-refractivity contribution in [3.05, 3.63) is 0 Å². The van der Waals surface area contributed by atoms with E-state index in [4.69, 9.17) is 0 Å². The van der Waals surface area contributed by atoms with Gasteiger partial charge in [-0.1, -0.05) is 20.8 Å². The quantitative estimate of drug-likeness (QED) is 0.850. The van der Waals surface area contributed by atoms with Crippen LogP contribution in [-0.2, 0) is 14.6 Å². The van der Waals surface area contributed by atoms with Gasteiger partial charge in [0.05, 0.1) is 5.75 Å². The van der Waals surface area contributed by atoms with Gasteiger partial charge < -0.3 is 5.32 Å². The van der Waals surface area contributed by atoms with E-state index in [1.807, 2.05) is 0 Å². The SMILES string of the molecule is C[C@H]1CC(C)(C)CC[C@@H]1NC(=O)CCS(C)(=O)=O. The Bertz CT molecular complexity index is 400. The number of hydrogen-bond acceptors (Lipinski definition) is 3. The summed E-state index contributed by atoms with van der Waals surface area (Å²) in [5.41, 5.74) is 0.355. The molecule has 5 heteroatoms. The molecule has 1 amide bonds. The van der Waals surface area contributed by atoms with Crippen molar-refractivity contribution in [2.24, 2.45) is 11.3 Å². The van der Waals surface area contributed by atoms with Crippen LogP contribution in [0.3, 0.4) is 0 Å². The summed E-state index contributed by atoms with van der Waals surface area (Å²) in [6.45, 7) is 6.67. The van der Waals surface area contributed by atoms with E-state index < -0.39 is 9.84 Å². The summed E-state index contributed by atoms with van der Waals surface area (Å²) < 4.78 is 22.0. The van der Waals surface area contributed by atoms with Gasteiger partial charge in [0.25, 0.3) is 0 Å². The predicted octanol–water partition coefficient (Wildman–Crippen LogP) is 1.75. The molecular weight excluding hydrogens is 250 g/mol. The highest BCUT2D eigenvalue weighted by molar-refractivity contribution is 7.90. The Morgan fingerprint density at radius 2 is 2.00 bits per heavy atom. The number of nitrogens with one attached hydrogen (secondary N) is 1. The Labute approximate surface area is 110 Å². The Balaban J connectivity index is 2.41. The van der Waals surface area contributed by atoms with Crippen LogP contribution < -0.4 is 5.32 Å². The molecule has 1 aliphatic carbocycles. The van der Waals surface area contributed by atoms with Crippen molar-refractivity contribution in [1.82, 2.24) is 5.32 Å². The highest BCUT2D eigenvalue weighted by Gasteiger charge is 2.32. The van der Waals surface area contributed by atoms with Crippen molar-refractivity contribution in [2.45, 2.75) is 52.5 Å². The lowest BCUT2D eigenvalue weighted by Gasteiger charge is -2.39. The van der Waals surface area contributed by atoms with Gasteiger partial charge in [0.15, 0.2) is 0 Å². The molecule has 0 aliphatic heterocycles. The van der Waals surface area contributed by atoms with E-state index in [1.165, 1.54) is 0 Å². The number of carbonyl (C=O) groups excluding carboxylic acids is 1. The van der Waals surface area contributed by atoms with Crippen LogP contribution in [0.25, 0.3) is 0 Å². The van der Waals surface area contributed by atoms with E-state index in [0.717, 1.165) is 25.5 Å². The van der Waals surface area contributed by atoms with Crippen molar-refractivity contribution in [2.75, 3.05) is 12.0 Å². The molecule has 1 fully saturated rings. The summed E-state index contributed by atoms with van der Waals surface area (Å²) in [5, 5.41) is 2.98. The summed E-state index contributed by atoms with van der Waals surface area (Å²) in [7, 11) is -3.05. The van der Waals surface area contributed by atoms with Gasteiger partial charge in [-0.25, -0.2) is 8.42 Å². The van der Waals surface area contributed by atoms with Crippen molar-refractivity contribution in [1.29, 1.82) is 0 Å². The van der Waals surface area contributed by atoms with Gasteiger partial charge in [-0.15, -0.1) is 0 Å².